The van der Waals surface area contributed by atoms with Crippen LogP contribution in [0.2, 0.25) is 0 Å². The zero-order chi connectivity index (χ0) is 11.1. The average Bonchev–Trinajstić information content (AvgIpc) is 2.69. The number of carbonyl (C=O) groups excluding carboxylic acids is 1. The molecule has 6 heteroatoms. The first-order valence-corrected chi connectivity index (χ1v) is 4.85. The van der Waals surface area contributed by atoms with Gasteiger partial charge in [0, 0.05) is 18.7 Å². The van der Waals surface area contributed by atoms with Crippen LogP contribution in [-0.4, -0.2) is 28.9 Å². The van der Waals surface area contributed by atoms with Gasteiger partial charge < -0.3 is 14.9 Å². The van der Waals surface area contributed by atoms with E-state index in [1.165, 1.54) is 6.26 Å². The van der Waals surface area contributed by atoms with Gasteiger partial charge >= 0.3 is 6.03 Å². The molecule has 0 spiro atoms. The number of amides is 2. The first kappa shape index (κ1) is 11.5. The third-order valence-corrected chi connectivity index (χ3v) is 1.99. The Kier molecular flexibility index (Phi) is 4.62. The van der Waals surface area contributed by atoms with Gasteiger partial charge in [0.15, 0.2) is 5.82 Å². The van der Waals surface area contributed by atoms with E-state index in [0.29, 0.717) is 12.2 Å². The predicted molar refractivity (Wildman–Crippen MR) is 54.4 cm³/mol. The Balaban J connectivity index is 2.34. The van der Waals surface area contributed by atoms with Crippen molar-refractivity contribution in [3.05, 3.63) is 12.3 Å². The van der Waals surface area contributed by atoms with E-state index in [4.69, 9.17) is 5.11 Å². The molecule has 0 aliphatic rings. The van der Waals surface area contributed by atoms with E-state index in [-0.39, 0.29) is 18.7 Å². The predicted octanol–water partition coefficient (Wildman–Crippen LogP) is 0.957. The third-order valence-electron chi connectivity index (χ3n) is 1.99. The van der Waals surface area contributed by atoms with Crippen molar-refractivity contribution in [2.75, 3.05) is 11.9 Å². The summed E-state index contributed by atoms with van der Waals surface area (Å²) in [6.07, 6.45) is 2.69. The first-order chi connectivity index (χ1) is 7.26. The summed E-state index contributed by atoms with van der Waals surface area (Å²) in [5, 5.41) is 17.5. The van der Waals surface area contributed by atoms with Crippen LogP contribution in [-0.2, 0) is 0 Å². The first-order valence-electron chi connectivity index (χ1n) is 4.85. The molecule has 0 saturated carbocycles. The molecule has 1 aromatic heterocycles. The Morgan fingerprint density at radius 3 is 3.07 bits per heavy atom. The Bertz CT molecular complexity index is 287. The molecule has 2 amide bonds. The van der Waals surface area contributed by atoms with Crippen molar-refractivity contribution < 1.29 is 14.4 Å². The summed E-state index contributed by atoms with van der Waals surface area (Å²) in [4.78, 5) is 11.4. The van der Waals surface area contributed by atoms with Crippen LogP contribution in [0, 0.1) is 0 Å². The monoisotopic (exact) mass is 213 g/mol. The van der Waals surface area contributed by atoms with Crippen LogP contribution in [0.1, 0.15) is 19.8 Å². The number of hydrogen-bond donors (Lipinski definition) is 3. The molecule has 1 atom stereocenters. The highest BCUT2D eigenvalue weighted by Crippen LogP contribution is 2.02. The van der Waals surface area contributed by atoms with Gasteiger partial charge in [0.2, 0.25) is 0 Å². The molecule has 0 bridgehead atoms. The van der Waals surface area contributed by atoms with E-state index in [1.807, 2.05) is 6.92 Å². The Hall–Kier alpha value is -1.56. The van der Waals surface area contributed by atoms with E-state index in [0.717, 1.165) is 6.42 Å². The Labute approximate surface area is 87.6 Å². The van der Waals surface area contributed by atoms with Crippen LogP contribution >= 0.6 is 0 Å². The number of carbonyl (C=O) groups is 1. The molecule has 1 rings (SSSR count). The summed E-state index contributed by atoms with van der Waals surface area (Å²) in [5.74, 6) is 0.367. The normalized spacial score (nSPS) is 12.1. The van der Waals surface area contributed by atoms with E-state index < -0.39 is 0 Å². The van der Waals surface area contributed by atoms with Crippen molar-refractivity contribution in [2.45, 2.75) is 25.8 Å². The molecule has 84 valence electrons. The van der Waals surface area contributed by atoms with Gasteiger partial charge in [-0.1, -0.05) is 12.1 Å². The number of aliphatic hydroxyl groups excluding tert-OH is 1. The molecular formula is C9H15N3O3. The number of rotatable bonds is 5. The maximum Gasteiger partial charge on any atom is 0.320 e. The maximum atomic E-state index is 11.4. The van der Waals surface area contributed by atoms with Crippen molar-refractivity contribution >= 4 is 11.8 Å². The second-order valence-corrected chi connectivity index (χ2v) is 3.10. The molecular weight excluding hydrogens is 198 g/mol. The van der Waals surface area contributed by atoms with Crippen LogP contribution in [0.3, 0.4) is 0 Å². The molecule has 3 N–H and O–H groups in total. The van der Waals surface area contributed by atoms with Gasteiger partial charge in [-0.25, -0.2) is 4.79 Å². The van der Waals surface area contributed by atoms with E-state index in [2.05, 4.69) is 20.3 Å². The quantitative estimate of drug-likeness (QED) is 0.679. The highest BCUT2D eigenvalue weighted by molar-refractivity contribution is 5.88. The average molecular weight is 213 g/mol. The van der Waals surface area contributed by atoms with Gasteiger partial charge in [0.1, 0.15) is 6.26 Å². The minimum atomic E-state index is -0.343. The number of hydrogen-bond acceptors (Lipinski definition) is 4. The fourth-order valence-corrected chi connectivity index (χ4v) is 1.15. The minimum absolute atomic E-state index is 0.0260. The van der Waals surface area contributed by atoms with Crippen molar-refractivity contribution in [2.24, 2.45) is 0 Å². The van der Waals surface area contributed by atoms with Gasteiger partial charge in [0.25, 0.3) is 0 Å². The molecule has 1 aromatic rings. The number of nitrogens with zero attached hydrogens (tertiary/aromatic N) is 1. The Morgan fingerprint density at radius 2 is 2.53 bits per heavy atom. The number of urea groups is 1. The summed E-state index contributed by atoms with van der Waals surface area (Å²) in [7, 11) is 0. The van der Waals surface area contributed by atoms with Gasteiger partial charge in [-0.3, -0.25) is 5.32 Å². The zero-order valence-corrected chi connectivity index (χ0v) is 8.56. The number of nitrogens with one attached hydrogen (secondary N) is 2. The molecule has 0 fully saturated rings. The maximum absolute atomic E-state index is 11.4. The van der Waals surface area contributed by atoms with Crippen molar-refractivity contribution in [3.63, 3.8) is 0 Å². The highest BCUT2D eigenvalue weighted by atomic mass is 16.5. The summed E-state index contributed by atoms with van der Waals surface area (Å²) in [6.45, 7) is 2.00. The summed E-state index contributed by atoms with van der Waals surface area (Å²) >= 11 is 0. The minimum Gasteiger partial charge on any atom is -0.396 e. The summed E-state index contributed by atoms with van der Waals surface area (Å²) < 4.78 is 4.56. The second kappa shape index (κ2) is 6.02. The van der Waals surface area contributed by atoms with Gasteiger partial charge in [-0.15, -0.1) is 0 Å². The Morgan fingerprint density at radius 1 is 1.73 bits per heavy atom. The lowest BCUT2D eigenvalue weighted by Crippen LogP contribution is -2.38. The number of aromatic nitrogens is 1. The van der Waals surface area contributed by atoms with Crippen LogP contribution in [0.4, 0.5) is 10.6 Å². The van der Waals surface area contributed by atoms with E-state index in [1.54, 1.807) is 6.07 Å². The fourth-order valence-electron chi connectivity index (χ4n) is 1.15. The van der Waals surface area contributed by atoms with Crippen molar-refractivity contribution in [1.29, 1.82) is 0 Å². The molecule has 1 heterocycles. The lowest BCUT2D eigenvalue weighted by molar-refractivity contribution is 0.237. The molecule has 0 saturated heterocycles. The molecule has 0 radical (unpaired) electrons. The standard InChI is InChI=1S/C9H15N3O3/c1-2-7(3-5-13)10-9(14)11-8-4-6-15-12-8/h4,6-7,13H,2-3,5H2,1H3,(H2,10,11,12,14)/t7-/m0/s1. The van der Waals surface area contributed by atoms with Crippen LogP contribution in [0.5, 0.6) is 0 Å². The van der Waals surface area contributed by atoms with Crippen LogP contribution in [0.15, 0.2) is 16.9 Å². The lowest BCUT2D eigenvalue weighted by Gasteiger charge is -2.15. The highest BCUT2D eigenvalue weighted by Gasteiger charge is 2.10. The van der Waals surface area contributed by atoms with Crippen LogP contribution in [0.25, 0.3) is 0 Å². The fraction of sp³-hybridized carbons (Fsp3) is 0.556. The molecule has 6 nitrogen and oxygen atoms in total. The molecule has 0 aliphatic heterocycles. The second-order valence-electron chi connectivity index (χ2n) is 3.10. The molecule has 0 aromatic carbocycles. The largest absolute Gasteiger partial charge is 0.396 e. The SMILES string of the molecule is CC[C@@H](CCO)NC(=O)Nc1ccon1. The number of aliphatic hydroxyl groups is 1. The molecule has 0 aliphatic carbocycles. The molecule has 15 heavy (non-hydrogen) atoms. The number of anilines is 1. The summed E-state index contributed by atoms with van der Waals surface area (Å²) in [6, 6.07) is 1.18. The van der Waals surface area contributed by atoms with Crippen molar-refractivity contribution in [3.8, 4) is 0 Å². The topological polar surface area (TPSA) is 87.4 Å². The van der Waals surface area contributed by atoms with Crippen molar-refractivity contribution in [1.82, 2.24) is 10.5 Å². The van der Waals surface area contributed by atoms with E-state index >= 15 is 0 Å². The zero-order valence-electron chi connectivity index (χ0n) is 8.56. The van der Waals surface area contributed by atoms with Gasteiger partial charge in [-0.05, 0) is 12.8 Å². The van der Waals surface area contributed by atoms with Crippen LogP contribution < -0.4 is 10.6 Å². The molecule has 0 unspecified atom stereocenters. The van der Waals surface area contributed by atoms with E-state index in [9.17, 15) is 4.79 Å². The lowest BCUT2D eigenvalue weighted by atomic mass is 10.2. The van der Waals surface area contributed by atoms with Gasteiger partial charge in [0.05, 0.1) is 0 Å². The smallest absolute Gasteiger partial charge is 0.320 e. The third kappa shape index (κ3) is 3.99. The summed E-state index contributed by atoms with van der Waals surface area (Å²) in [5.41, 5.74) is 0. The van der Waals surface area contributed by atoms with Gasteiger partial charge in [-0.2, -0.15) is 0 Å².